The Bertz CT molecular complexity index is 605. The number of hydrogen-bond donors (Lipinski definition) is 1. The molecule has 1 heterocycles. The van der Waals surface area contributed by atoms with Gasteiger partial charge in [-0.1, -0.05) is 58.4 Å². The average molecular weight is 347 g/mol. The first kappa shape index (κ1) is 14.7. The maximum Gasteiger partial charge on any atom is 0.154 e. The number of nitrogens with zero attached hydrogens (tertiary/aromatic N) is 1. The third kappa shape index (κ3) is 3.52. The van der Waals surface area contributed by atoms with E-state index in [0.29, 0.717) is 6.61 Å². The molecule has 1 aliphatic heterocycles. The van der Waals surface area contributed by atoms with Crippen LogP contribution in [-0.2, 0) is 17.0 Å². The summed E-state index contributed by atoms with van der Waals surface area (Å²) in [6.45, 7) is 4.53. The van der Waals surface area contributed by atoms with E-state index in [1.165, 1.54) is 5.56 Å². The summed E-state index contributed by atoms with van der Waals surface area (Å²) in [6.07, 6.45) is 0. The molecule has 110 valence electrons. The first-order chi connectivity index (χ1) is 10.2. The van der Waals surface area contributed by atoms with Crippen molar-refractivity contribution in [2.45, 2.75) is 19.2 Å². The molecule has 0 aliphatic carbocycles. The third-order valence-electron chi connectivity index (χ3n) is 3.72. The van der Waals surface area contributed by atoms with Gasteiger partial charge < -0.3 is 4.74 Å². The number of benzene rings is 2. The number of nitrogens with one attached hydrogen (secondary N) is 1. The van der Waals surface area contributed by atoms with Gasteiger partial charge >= 0.3 is 0 Å². The summed E-state index contributed by atoms with van der Waals surface area (Å²) >= 11 is 3.52. The zero-order valence-electron chi connectivity index (χ0n) is 12.1. The topological polar surface area (TPSA) is 24.5 Å². The monoisotopic (exact) mass is 346 g/mol. The third-order valence-corrected chi connectivity index (χ3v) is 4.21. The van der Waals surface area contributed by atoms with Crippen molar-refractivity contribution in [3.63, 3.8) is 0 Å². The Morgan fingerprint density at radius 2 is 2.00 bits per heavy atom. The molecule has 2 aromatic carbocycles. The van der Waals surface area contributed by atoms with Crippen LogP contribution in [0.2, 0.25) is 0 Å². The van der Waals surface area contributed by atoms with E-state index in [0.717, 1.165) is 23.1 Å². The van der Waals surface area contributed by atoms with E-state index < -0.39 is 5.72 Å². The molecule has 1 unspecified atom stereocenters. The Kier molecular flexibility index (Phi) is 4.40. The van der Waals surface area contributed by atoms with Crippen LogP contribution in [0.15, 0.2) is 59.1 Å². The van der Waals surface area contributed by atoms with Crippen LogP contribution in [0.4, 0.5) is 0 Å². The maximum atomic E-state index is 6.00. The fraction of sp³-hybridized carbons (Fsp3) is 0.294. The van der Waals surface area contributed by atoms with Crippen LogP contribution in [0, 0.1) is 0 Å². The van der Waals surface area contributed by atoms with Crippen LogP contribution >= 0.6 is 15.9 Å². The smallest absolute Gasteiger partial charge is 0.154 e. The highest BCUT2D eigenvalue weighted by Crippen LogP contribution is 2.27. The summed E-state index contributed by atoms with van der Waals surface area (Å²) in [6, 6.07) is 18.7. The van der Waals surface area contributed by atoms with Gasteiger partial charge in [-0.25, -0.2) is 10.4 Å². The van der Waals surface area contributed by atoms with Gasteiger partial charge in [-0.2, -0.15) is 0 Å². The Balaban J connectivity index is 1.76. The molecule has 1 aliphatic rings. The minimum atomic E-state index is -0.489. The summed E-state index contributed by atoms with van der Waals surface area (Å²) in [7, 11) is 0. The molecule has 3 rings (SSSR count). The lowest BCUT2D eigenvalue weighted by molar-refractivity contribution is -0.161. The van der Waals surface area contributed by atoms with Gasteiger partial charge in [0.2, 0.25) is 0 Å². The second kappa shape index (κ2) is 6.28. The van der Waals surface area contributed by atoms with Crippen molar-refractivity contribution >= 4 is 15.9 Å². The molecule has 1 fully saturated rings. The number of hydrogen-bond acceptors (Lipinski definition) is 3. The van der Waals surface area contributed by atoms with Gasteiger partial charge in [-0.15, -0.1) is 0 Å². The normalized spacial score (nSPS) is 23.1. The van der Waals surface area contributed by atoms with Crippen molar-refractivity contribution in [2.24, 2.45) is 0 Å². The van der Waals surface area contributed by atoms with E-state index in [9.17, 15) is 0 Å². The molecule has 1 atom stereocenters. The highest BCUT2D eigenvalue weighted by Gasteiger charge is 2.33. The van der Waals surface area contributed by atoms with E-state index in [1.807, 2.05) is 18.2 Å². The second-order valence-electron chi connectivity index (χ2n) is 5.41. The maximum absolute atomic E-state index is 6.00. The van der Waals surface area contributed by atoms with Crippen molar-refractivity contribution in [1.29, 1.82) is 0 Å². The van der Waals surface area contributed by atoms with E-state index in [2.05, 4.69) is 69.7 Å². The summed E-state index contributed by atoms with van der Waals surface area (Å²) in [5.74, 6) is 0. The number of rotatable bonds is 3. The van der Waals surface area contributed by atoms with Crippen LogP contribution in [0.3, 0.4) is 0 Å². The van der Waals surface area contributed by atoms with Gasteiger partial charge in [-0.05, 0) is 24.6 Å². The van der Waals surface area contributed by atoms with Crippen molar-refractivity contribution in [3.05, 3.63) is 70.2 Å². The summed E-state index contributed by atoms with van der Waals surface area (Å²) in [5.41, 5.74) is 5.44. The Morgan fingerprint density at radius 1 is 1.19 bits per heavy atom. The minimum absolute atomic E-state index is 0.489. The van der Waals surface area contributed by atoms with E-state index in [1.54, 1.807) is 0 Å². The predicted octanol–water partition coefficient (Wildman–Crippen LogP) is 3.66. The lowest BCUT2D eigenvalue weighted by Gasteiger charge is -2.42. The van der Waals surface area contributed by atoms with Gasteiger partial charge in [0.15, 0.2) is 5.72 Å². The molecular weight excluding hydrogens is 328 g/mol. The number of hydrazine groups is 1. The van der Waals surface area contributed by atoms with Crippen molar-refractivity contribution < 1.29 is 4.74 Å². The van der Waals surface area contributed by atoms with E-state index in [-0.39, 0.29) is 0 Å². The van der Waals surface area contributed by atoms with Gasteiger partial charge in [0.1, 0.15) is 0 Å². The van der Waals surface area contributed by atoms with Crippen molar-refractivity contribution in [2.75, 3.05) is 13.2 Å². The quantitative estimate of drug-likeness (QED) is 0.917. The van der Waals surface area contributed by atoms with E-state index in [4.69, 9.17) is 4.74 Å². The standard InChI is InChI=1S/C17H19BrN2O/c1-17(15-8-5-9-16(18)12-15)19-20(10-11-21-17)13-14-6-3-2-4-7-14/h2-9,12,19H,10-11,13H2,1H3. The van der Waals surface area contributed by atoms with E-state index >= 15 is 0 Å². The highest BCUT2D eigenvalue weighted by molar-refractivity contribution is 9.10. The van der Waals surface area contributed by atoms with Crippen LogP contribution < -0.4 is 5.43 Å². The first-order valence-electron chi connectivity index (χ1n) is 7.12. The first-order valence-corrected chi connectivity index (χ1v) is 7.92. The molecule has 0 bridgehead atoms. The predicted molar refractivity (Wildman–Crippen MR) is 87.4 cm³/mol. The zero-order valence-corrected chi connectivity index (χ0v) is 13.6. The summed E-state index contributed by atoms with van der Waals surface area (Å²) in [4.78, 5) is 0. The van der Waals surface area contributed by atoms with Crippen LogP contribution in [-0.4, -0.2) is 18.2 Å². The molecule has 0 radical (unpaired) electrons. The second-order valence-corrected chi connectivity index (χ2v) is 6.33. The average Bonchev–Trinajstić information content (AvgIpc) is 2.48. The molecular formula is C17H19BrN2O. The van der Waals surface area contributed by atoms with Crippen molar-refractivity contribution in [3.8, 4) is 0 Å². The minimum Gasteiger partial charge on any atom is -0.354 e. The molecule has 3 nitrogen and oxygen atoms in total. The largest absolute Gasteiger partial charge is 0.354 e. The molecule has 21 heavy (non-hydrogen) atoms. The fourth-order valence-electron chi connectivity index (χ4n) is 2.61. The molecule has 2 aromatic rings. The zero-order chi connectivity index (χ0) is 14.7. The van der Waals surface area contributed by atoms with Crippen LogP contribution in [0.1, 0.15) is 18.1 Å². The summed E-state index contributed by atoms with van der Waals surface area (Å²) < 4.78 is 7.06. The Labute approximate surface area is 134 Å². The molecule has 1 N–H and O–H groups in total. The number of halogens is 1. The molecule has 4 heteroatoms. The Morgan fingerprint density at radius 3 is 2.76 bits per heavy atom. The SMILES string of the molecule is CC1(c2cccc(Br)c2)NN(Cc2ccccc2)CCO1. The molecule has 0 spiro atoms. The van der Waals surface area contributed by atoms with Crippen LogP contribution in [0.5, 0.6) is 0 Å². The fourth-order valence-corrected chi connectivity index (χ4v) is 3.00. The highest BCUT2D eigenvalue weighted by atomic mass is 79.9. The Hall–Kier alpha value is -1.20. The van der Waals surface area contributed by atoms with Gasteiger partial charge in [0.05, 0.1) is 6.61 Å². The van der Waals surface area contributed by atoms with Crippen molar-refractivity contribution in [1.82, 2.24) is 10.4 Å². The lowest BCUT2D eigenvalue weighted by atomic mass is 10.0. The lowest BCUT2D eigenvalue weighted by Crippen LogP contribution is -2.57. The van der Waals surface area contributed by atoms with Gasteiger partial charge in [0.25, 0.3) is 0 Å². The molecule has 0 amide bonds. The van der Waals surface area contributed by atoms with Gasteiger partial charge in [-0.3, -0.25) is 0 Å². The number of ether oxygens (including phenoxy) is 1. The molecule has 1 saturated heterocycles. The van der Waals surface area contributed by atoms with Gasteiger partial charge in [0, 0.05) is 23.1 Å². The molecule has 0 saturated carbocycles. The molecule has 0 aromatic heterocycles. The summed E-state index contributed by atoms with van der Waals surface area (Å²) in [5, 5.41) is 2.22. The van der Waals surface area contributed by atoms with Crippen LogP contribution in [0.25, 0.3) is 0 Å².